The highest BCUT2D eigenvalue weighted by molar-refractivity contribution is 5.89. The van der Waals surface area contributed by atoms with Crippen LogP contribution in [0.2, 0.25) is 0 Å². The summed E-state index contributed by atoms with van der Waals surface area (Å²) in [7, 11) is 0. The van der Waals surface area contributed by atoms with Crippen LogP contribution in [0.15, 0.2) is 48.5 Å². The number of alkyl halides is 3. The lowest BCUT2D eigenvalue weighted by Gasteiger charge is -2.33. The molecular formula is C20H22F4N2O3. The Bertz CT molecular complexity index is 854. The Morgan fingerprint density at radius 3 is 2.28 bits per heavy atom. The van der Waals surface area contributed by atoms with Gasteiger partial charge in [0.15, 0.2) is 0 Å². The third-order valence-corrected chi connectivity index (χ3v) is 4.48. The highest BCUT2D eigenvalue weighted by Gasteiger charge is 2.60. The van der Waals surface area contributed by atoms with Gasteiger partial charge in [-0.1, -0.05) is 30.3 Å². The van der Waals surface area contributed by atoms with Crippen molar-refractivity contribution >= 4 is 5.91 Å². The van der Waals surface area contributed by atoms with Crippen molar-refractivity contribution in [3.63, 3.8) is 0 Å². The van der Waals surface area contributed by atoms with E-state index in [2.05, 4.69) is 5.32 Å². The molecular weight excluding hydrogens is 392 g/mol. The molecule has 29 heavy (non-hydrogen) atoms. The Balaban J connectivity index is 2.34. The Morgan fingerprint density at radius 2 is 1.72 bits per heavy atom. The normalized spacial score (nSPS) is 15.9. The lowest BCUT2D eigenvalue weighted by atomic mass is 9.87. The summed E-state index contributed by atoms with van der Waals surface area (Å²) >= 11 is 0. The molecule has 2 aromatic carbocycles. The predicted molar refractivity (Wildman–Crippen MR) is 98.5 cm³/mol. The lowest BCUT2D eigenvalue weighted by Crippen LogP contribution is -2.61. The number of rotatable bonds is 7. The number of aliphatic hydroxyl groups is 1. The van der Waals surface area contributed by atoms with E-state index in [1.54, 1.807) is 6.92 Å². The molecule has 0 saturated heterocycles. The molecule has 0 aliphatic carbocycles. The monoisotopic (exact) mass is 414 g/mol. The number of halogens is 4. The summed E-state index contributed by atoms with van der Waals surface area (Å²) in [6, 6.07) is 9.84. The number of ether oxygens (including phenoxy) is 1. The molecule has 1 amide bonds. The van der Waals surface area contributed by atoms with Crippen molar-refractivity contribution in [2.45, 2.75) is 31.2 Å². The van der Waals surface area contributed by atoms with Gasteiger partial charge in [-0.2, -0.15) is 13.2 Å². The van der Waals surface area contributed by atoms with E-state index in [0.29, 0.717) is 0 Å². The minimum absolute atomic E-state index is 0.0752. The molecule has 4 N–H and O–H groups in total. The van der Waals surface area contributed by atoms with Crippen LogP contribution in [0.3, 0.4) is 0 Å². The van der Waals surface area contributed by atoms with E-state index in [0.717, 1.165) is 18.2 Å². The molecule has 158 valence electrons. The second kappa shape index (κ2) is 8.38. The van der Waals surface area contributed by atoms with Crippen LogP contribution in [0, 0.1) is 5.82 Å². The number of hydrogen-bond acceptors (Lipinski definition) is 4. The minimum Gasteiger partial charge on any atom is -0.494 e. The summed E-state index contributed by atoms with van der Waals surface area (Å²) in [5.41, 5.74) is 0.115. The van der Waals surface area contributed by atoms with Gasteiger partial charge in [0.05, 0.1) is 13.2 Å². The van der Waals surface area contributed by atoms with Crippen LogP contribution >= 0.6 is 0 Å². The van der Waals surface area contributed by atoms with E-state index in [1.165, 1.54) is 37.3 Å². The Morgan fingerprint density at radius 1 is 1.14 bits per heavy atom. The molecule has 0 heterocycles. The van der Waals surface area contributed by atoms with Gasteiger partial charge >= 0.3 is 6.18 Å². The van der Waals surface area contributed by atoms with Crippen LogP contribution in [0.25, 0.3) is 0 Å². The molecule has 0 aliphatic rings. The molecule has 9 heteroatoms. The lowest BCUT2D eigenvalue weighted by molar-refractivity contribution is -0.195. The zero-order valence-electron chi connectivity index (χ0n) is 15.9. The van der Waals surface area contributed by atoms with Crippen molar-refractivity contribution in [1.82, 2.24) is 5.32 Å². The van der Waals surface area contributed by atoms with Crippen LogP contribution in [0.1, 0.15) is 25.0 Å². The number of para-hydroxylation sites is 1. The van der Waals surface area contributed by atoms with Crippen molar-refractivity contribution in [2.24, 2.45) is 5.73 Å². The third-order valence-electron chi connectivity index (χ3n) is 4.48. The summed E-state index contributed by atoms with van der Waals surface area (Å²) in [5, 5.41) is 12.6. The zero-order chi connectivity index (χ0) is 21.9. The first-order valence-electron chi connectivity index (χ1n) is 8.78. The molecule has 0 radical (unpaired) electrons. The van der Waals surface area contributed by atoms with Gasteiger partial charge < -0.3 is 20.9 Å². The van der Waals surface area contributed by atoms with E-state index in [-0.39, 0.29) is 17.9 Å². The second-order valence-corrected chi connectivity index (χ2v) is 6.70. The molecule has 0 bridgehead atoms. The minimum atomic E-state index is -5.15. The van der Waals surface area contributed by atoms with Crippen LogP contribution in [0.4, 0.5) is 17.6 Å². The van der Waals surface area contributed by atoms with Gasteiger partial charge in [-0.15, -0.1) is 0 Å². The third kappa shape index (κ3) is 4.68. The fourth-order valence-corrected chi connectivity index (χ4v) is 2.78. The highest BCUT2D eigenvalue weighted by atomic mass is 19.4. The number of benzene rings is 2. The maximum atomic E-state index is 13.9. The van der Waals surface area contributed by atoms with E-state index in [9.17, 15) is 27.5 Å². The van der Waals surface area contributed by atoms with Crippen molar-refractivity contribution in [1.29, 1.82) is 0 Å². The number of carbonyl (C=O) groups excluding carboxylic acids is 1. The molecule has 2 atom stereocenters. The number of amides is 1. The van der Waals surface area contributed by atoms with Gasteiger partial charge in [-0.05, 0) is 37.6 Å². The van der Waals surface area contributed by atoms with Gasteiger partial charge in [0.1, 0.15) is 17.2 Å². The van der Waals surface area contributed by atoms with E-state index in [1.807, 2.05) is 0 Å². The van der Waals surface area contributed by atoms with Crippen LogP contribution in [-0.2, 0) is 15.9 Å². The van der Waals surface area contributed by atoms with Gasteiger partial charge in [0.2, 0.25) is 5.54 Å². The van der Waals surface area contributed by atoms with Gasteiger partial charge in [-0.3, -0.25) is 4.79 Å². The summed E-state index contributed by atoms with van der Waals surface area (Å²) in [6.07, 6.45) is -5.15. The first-order chi connectivity index (χ1) is 13.4. The van der Waals surface area contributed by atoms with Crippen molar-refractivity contribution in [3.05, 3.63) is 65.5 Å². The molecule has 0 spiro atoms. The fourth-order valence-electron chi connectivity index (χ4n) is 2.78. The predicted octanol–water partition coefficient (Wildman–Crippen LogP) is 2.96. The Kier molecular flexibility index (Phi) is 6.54. The molecule has 0 saturated carbocycles. The van der Waals surface area contributed by atoms with Crippen LogP contribution < -0.4 is 15.8 Å². The quantitative estimate of drug-likeness (QED) is 0.609. The number of nitrogens with two attached hydrogens (primary N) is 1. The second-order valence-electron chi connectivity index (χ2n) is 6.70. The summed E-state index contributed by atoms with van der Waals surface area (Å²) in [4.78, 5) is 12.6. The number of hydrogen-bond donors (Lipinski definition) is 3. The van der Waals surface area contributed by atoms with Crippen molar-refractivity contribution < 1.29 is 32.2 Å². The van der Waals surface area contributed by atoms with Crippen LogP contribution in [-0.4, -0.2) is 30.3 Å². The SMILES string of the molecule is CCOc1ccccc1[C@@](N)(C(=O)NC[C@](C)(O)c1ccc(F)cc1)C(F)(F)F. The van der Waals surface area contributed by atoms with Gasteiger partial charge in [0.25, 0.3) is 5.91 Å². The average Bonchev–Trinajstić information content (AvgIpc) is 2.65. The maximum Gasteiger partial charge on any atom is 0.419 e. The molecule has 0 aromatic heterocycles. The zero-order valence-corrected chi connectivity index (χ0v) is 15.9. The molecule has 0 aliphatic heterocycles. The summed E-state index contributed by atoms with van der Waals surface area (Å²) in [5.74, 6) is -2.27. The largest absolute Gasteiger partial charge is 0.494 e. The van der Waals surface area contributed by atoms with Crippen LogP contribution in [0.5, 0.6) is 5.75 Å². The first-order valence-corrected chi connectivity index (χ1v) is 8.78. The highest BCUT2D eigenvalue weighted by Crippen LogP contribution is 2.41. The smallest absolute Gasteiger partial charge is 0.419 e. The molecule has 2 rings (SSSR count). The molecule has 5 nitrogen and oxygen atoms in total. The molecule has 0 fully saturated rings. The fraction of sp³-hybridized carbons (Fsp3) is 0.350. The Labute approximate surface area is 165 Å². The molecule has 2 aromatic rings. The Hall–Kier alpha value is -2.65. The first kappa shape index (κ1) is 22.6. The van der Waals surface area contributed by atoms with E-state index in [4.69, 9.17) is 10.5 Å². The van der Waals surface area contributed by atoms with Gasteiger partial charge in [0, 0.05) is 5.56 Å². The standard InChI is InChI=1S/C20H22F4N2O3/c1-3-29-16-7-5-4-6-15(16)19(25,20(22,23)24)17(27)26-12-18(2,28)13-8-10-14(21)11-9-13/h4-11,28H,3,12,25H2,1-2H3,(H,26,27)/t18-,19+/m0/s1. The van der Waals surface area contributed by atoms with E-state index >= 15 is 0 Å². The average molecular weight is 414 g/mol. The van der Waals surface area contributed by atoms with E-state index < -0.39 is 41.1 Å². The molecule has 0 unspecified atom stereocenters. The topological polar surface area (TPSA) is 84.6 Å². The number of carbonyl (C=O) groups is 1. The number of nitrogens with one attached hydrogen (secondary N) is 1. The summed E-state index contributed by atoms with van der Waals surface area (Å²) < 4.78 is 60.0. The summed E-state index contributed by atoms with van der Waals surface area (Å²) in [6.45, 7) is 2.36. The van der Waals surface area contributed by atoms with Crippen molar-refractivity contribution in [2.75, 3.05) is 13.2 Å². The maximum absolute atomic E-state index is 13.9. The van der Waals surface area contributed by atoms with Crippen molar-refractivity contribution in [3.8, 4) is 5.75 Å². The van der Waals surface area contributed by atoms with Gasteiger partial charge in [-0.25, -0.2) is 4.39 Å².